The van der Waals surface area contributed by atoms with Gasteiger partial charge in [-0.1, -0.05) is 13.3 Å². The van der Waals surface area contributed by atoms with Crippen LogP contribution in [0.25, 0.3) is 0 Å². The molecule has 1 aliphatic heterocycles. The Hall–Kier alpha value is -0.620. The molecule has 2 N–H and O–H groups in total. The summed E-state index contributed by atoms with van der Waals surface area (Å²) < 4.78 is 5.71. The van der Waals surface area contributed by atoms with E-state index in [1.807, 2.05) is 17.2 Å². The molecule has 1 saturated heterocycles. The van der Waals surface area contributed by atoms with Gasteiger partial charge in [-0.15, -0.1) is 12.4 Å². The van der Waals surface area contributed by atoms with Gasteiger partial charge in [0, 0.05) is 6.54 Å². The SMILES string of the molecule is CCCC(N)C(=O)N1CCOC(c2ccsc2)C1.Cl. The van der Waals surface area contributed by atoms with E-state index in [9.17, 15) is 4.79 Å². The zero-order chi connectivity index (χ0) is 13.0. The number of amides is 1. The Morgan fingerprint density at radius 3 is 3.11 bits per heavy atom. The number of hydrogen-bond donors (Lipinski definition) is 1. The molecule has 2 heterocycles. The summed E-state index contributed by atoms with van der Waals surface area (Å²) in [5.74, 6) is 0.0559. The van der Waals surface area contributed by atoms with Crippen LogP contribution in [0.2, 0.25) is 0 Å². The number of thiophene rings is 1. The van der Waals surface area contributed by atoms with Gasteiger partial charge in [0.1, 0.15) is 6.10 Å². The molecule has 0 aliphatic carbocycles. The van der Waals surface area contributed by atoms with Gasteiger partial charge in [-0.05, 0) is 28.8 Å². The molecule has 0 spiro atoms. The molecule has 2 rings (SSSR count). The third kappa shape index (κ3) is 4.18. The lowest BCUT2D eigenvalue weighted by Crippen LogP contribution is -2.49. The van der Waals surface area contributed by atoms with Crippen molar-refractivity contribution < 1.29 is 9.53 Å². The van der Waals surface area contributed by atoms with E-state index >= 15 is 0 Å². The molecule has 2 unspecified atom stereocenters. The zero-order valence-electron chi connectivity index (χ0n) is 11.1. The summed E-state index contributed by atoms with van der Waals surface area (Å²) in [6.45, 7) is 3.90. The summed E-state index contributed by atoms with van der Waals surface area (Å²) >= 11 is 1.65. The van der Waals surface area contributed by atoms with E-state index in [0.29, 0.717) is 19.7 Å². The van der Waals surface area contributed by atoms with Crippen LogP contribution in [-0.4, -0.2) is 36.5 Å². The molecule has 6 heteroatoms. The minimum absolute atomic E-state index is 0. The minimum Gasteiger partial charge on any atom is -0.370 e. The number of nitrogens with two attached hydrogens (primary N) is 1. The normalized spacial score (nSPS) is 20.7. The minimum atomic E-state index is -0.365. The molecule has 1 aliphatic rings. The molecule has 0 saturated carbocycles. The largest absolute Gasteiger partial charge is 0.370 e. The van der Waals surface area contributed by atoms with Crippen molar-refractivity contribution in [3.63, 3.8) is 0 Å². The summed E-state index contributed by atoms with van der Waals surface area (Å²) in [5.41, 5.74) is 7.05. The Labute approximate surface area is 124 Å². The van der Waals surface area contributed by atoms with Crippen molar-refractivity contribution in [1.82, 2.24) is 4.90 Å². The van der Waals surface area contributed by atoms with Crippen molar-refractivity contribution in [2.75, 3.05) is 19.7 Å². The number of carbonyl (C=O) groups is 1. The number of carbonyl (C=O) groups excluding carboxylic acids is 1. The van der Waals surface area contributed by atoms with Gasteiger partial charge in [0.25, 0.3) is 0 Å². The van der Waals surface area contributed by atoms with Gasteiger partial charge in [-0.25, -0.2) is 0 Å². The fraction of sp³-hybridized carbons (Fsp3) is 0.615. The monoisotopic (exact) mass is 304 g/mol. The molecule has 1 fully saturated rings. The Bertz CT molecular complexity index is 386. The van der Waals surface area contributed by atoms with Gasteiger partial charge < -0.3 is 15.4 Å². The van der Waals surface area contributed by atoms with Crippen LogP contribution in [0.3, 0.4) is 0 Å². The maximum absolute atomic E-state index is 12.2. The van der Waals surface area contributed by atoms with Gasteiger partial charge in [-0.2, -0.15) is 11.3 Å². The standard InChI is InChI=1S/C13H20N2O2S.ClH/c1-2-3-11(14)13(16)15-5-6-17-12(8-15)10-4-7-18-9-10;/h4,7,9,11-12H,2-3,5-6,8,14H2,1H3;1H. The van der Waals surface area contributed by atoms with Crippen molar-refractivity contribution in [2.45, 2.75) is 31.9 Å². The smallest absolute Gasteiger partial charge is 0.239 e. The predicted molar refractivity (Wildman–Crippen MR) is 79.7 cm³/mol. The second-order valence-electron chi connectivity index (χ2n) is 4.60. The first kappa shape index (κ1) is 16.4. The number of morpholine rings is 1. The van der Waals surface area contributed by atoms with Crippen LogP contribution in [0.1, 0.15) is 31.4 Å². The van der Waals surface area contributed by atoms with E-state index in [2.05, 4.69) is 11.4 Å². The van der Waals surface area contributed by atoms with Gasteiger partial charge >= 0.3 is 0 Å². The zero-order valence-corrected chi connectivity index (χ0v) is 12.7. The molecule has 2 atom stereocenters. The molecular formula is C13H21ClN2O2S. The van der Waals surface area contributed by atoms with Gasteiger partial charge in [0.2, 0.25) is 5.91 Å². The number of halogens is 1. The Balaban J connectivity index is 0.00000180. The van der Waals surface area contributed by atoms with E-state index in [0.717, 1.165) is 18.4 Å². The summed E-state index contributed by atoms with van der Waals surface area (Å²) in [5, 5.41) is 4.10. The molecule has 1 amide bonds. The molecule has 0 radical (unpaired) electrons. The summed E-state index contributed by atoms with van der Waals surface area (Å²) in [6.07, 6.45) is 1.69. The fourth-order valence-corrected chi connectivity index (χ4v) is 2.88. The maximum Gasteiger partial charge on any atom is 0.239 e. The first-order chi connectivity index (χ1) is 8.72. The first-order valence-corrected chi connectivity index (χ1v) is 7.34. The highest BCUT2D eigenvalue weighted by molar-refractivity contribution is 7.07. The quantitative estimate of drug-likeness (QED) is 0.928. The van der Waals surface area contributed by atoms with Crippen LogP contribution < -0.4 is 5.73 Å². The average molecular weight is 305 g/mol. The van der Waals surface area contributed by atoms with Gasteiger partial charge in [0.15, 0.2) is 0 Å². The van der Waals surface area contributed by atoms with Crippen LogP contribution in [0.4, 0.5) is 0 Å². The Morgan fingerprint density at radius 2 is 2.47 bits per heavy atom. The number of ether oxygens (including phenoxy) is 1. The van der Waals surface area contributed by atoms with Gasteiger partial charge in [-0.3, -0.25) is 4.79 Å². The fourth-order valence-electron chi connectivity index (χ4n) is 2.18. The van der Waals surface area contributed by atoms with Crippen LogP contribution in [0.15, 0.2) is 16.8 Å². The highest BCUT2D eigenvalue weighted by Gasteiger charge is 2.28. The lowest BCUT2D eigenvalue weighted by Gasteiger charge is -2.34. The second kappa shape index (κ2) is 7.85. The number of hydrogen-bond acceptors (Lipinski definition) is 4. The van der Waals surface area contributed by atoms with Crippen molar-refractivity contribution >= 4 is 29.7 Å². The lowest BCUT2D eigenvalue weighted by molar-refractivity contribution is -0.140. The van der Waals surface area contributed by atoms with Crippen LogP contribution >= 0.6 is 23.7 Å². The van der Waals surface area contributed by atoms with E-state index in [-0.39, 0.29) is 30.5 Å². The number of rotatable bonds is 4. The maximum atomic E-state index is 12.2. The van der Waals surface area contributed by atoms with Crippen LogP contribution in [-0.2, 0) is 9.53 Å². The molecule has 108 valence electrons. The van der Waals surface area contributed by atoms with Crippen molar-refractivity contribution in [2.24, 2.45) is 5.73 Å². The predicted octanol–water partition coefficient (Wildman–Crippen LogP) is 2.20. The van der Waals surface area contributed by atoms with Crippen LogP contribution in [0, 0.1) is 0 Å². The topological polar surface area (TPSA) is 55.6 Å². The molecule has 1 aromatic rings. The molecule has 0 aromatic carbocycles. The summed E-state index contributed by atoms with van der Waals surface area (Å²) in [7, 11) is 0. The third-order valence-corrected chi connectivity index (χ3v) is 3.91. The first-order valence-electron chi connectivity index (χ1n) is 6.40. The molecular weight excluding hydrogens is 284 g/mol. The van der Waals surface area contributed by atoms with Crippen molar-refractivity contribution in [3.05, 3.63) is 22.4 Å². The van der Waals surface area contributed by atoms with Crippen molar-refractivity contribution in [3.8, 4) is 0 Å². The van der Waals surface area contributed by atoms with Crippen LogP contribution in [0.5, 0.6) is 0 Å². The third-order valence-electron chi connectivity index (χ3n) is 3.21. The van der Waals surface area contributed by atoms with Crippen molar-refractivity contribution in [1.29, 1.82) is 0 Å². The van der Waals surface area contributed by atoms with E-state index in [1.54, 1.807) is 11.3 Å². The Kier molecular flexibility index (Phi) is 6.79. The summed E-state index contributed by atoms with van der Waals surface area (Å²) in [6, 6.07) is 1.69. The summed E-state index contributed by atoms with van der Waals surface area (Å²) in [4.78, 5) is 14.0. The van der Waals surface area contributed by atoms with E-state index in [1.165, 1.54) is 0 Å². The molecule has 19 heavy (non-hydrogen) atoms. The van der Waals surface area contributed by atoms with E-state index in [4.69, 9.17) is 10.5 Å². The lowest BCUT2D eigenvalue weighted by atomic mass is 10.1. The van der Waals surface area contributed by atoms with E-state index < -0.39 is 0 Å². The Morgan fingerprint density at radius 1 is 1.68 bits per heavy atom. The molecule has 0 bridgehead atoms. The van der Waals surface area contributed by atoms with Gasteiger partial charge in [0.05, 0.1) is 19.2 Å². The highest BCUT2D eigenvalue weighted by atomic mass is 35.5. The number of nitrogens with zero attached hydrogens (tertiary/aromatic N) is 1. The second-order valence-corrected chi connectivity index (χ2v) is 5.38. The average Bonchev–Trinajstić information content (AvgIpc) is 2.92. The molecule has 4 nitrogen and oxygen atoms in total. The molecule has 1 aromatic heterocycles. The highest BCUT2D eigenvalue weighted by Crippen LogP contribution is 2.24.